The molecule has 0 radical (unpaired) electrons. The average Bonchev–Trinajstić information content (AvgIpc) is 3.41. The molecule has 1 aliphatic heterocycles. The number of likely N-dealkylation sites (tertiary alicyclic amines) is 1. The minimum absolute atomic E-state index is 0.0742. The van der Waals surface area contributed by atoms with Crippen LogP contribution in [0.2, 0.25) is 0 Å². The number of nitrogens with one attached hydrogen (secondary N) is 1. The first-order valence-corrected chi connectivity index (χ1v) is 9.96. The number of rotatable bonds is 4. The first-order valence-electron chi connectivity index (χ1n) is 9.15. The number of furan rings is 1. The van der Waals surface area contributed by atoms with Crippen molar-refractivity contribution >= 4 is 28.8 Å². The largest absolute Gasteiger partial charge is 0.459 e. The smallest absolute Gasteiger partial charge is 0.289 e. The minimum atomic E-state index is -0.266. The van der Waals surface area contributed by atoms with Crippen molar-refractivity contribution in [2.45, 2.75) is 25.7 Å². The molecule has 0 spiro atoms. The predicted molar refractivity (Wildman–Crippen MR) is 106 cm³/mol. The maximum absolute atomic E-state index is 12.5. The molecule has 1 N–H and O–H groups in total. The van der Waals surface area contributed by atoms with E-state index in [4.69, 9.17) is 4.42 Å². The van der Waals surface area contributed by atoms with Crippen molar-refractivity contribution in [2.75, 3.05) is 18.4 Å². The van der Waals surface area contributed by atoms with Gasteiger partial charge in [0, 0.05) is 24.7 Å². The van der Waals surface area contributed by atoms with Gasteiger partial charge >= 0.3 is 0 Å². The third-order valence-corrected chi connectivity index (χ3v) is 5.90. The molecule has 144 valence electrons. The SMILES string of the molecule is Cc1ccccc1NC(=O)c1nnc([C@H]2CCCN(C(=O)c3ccco3)C2)s1. The van der Waals surface area contributed by atoms with Crippen LogP contribution in [0.25, 0.3) is 0 Å². The summed E-state index contributed by atoms with van der Waals surface area (Å²) in [7, 11) is 0. The van der Waals surface area contributed by atoms with Gasteiger partial charge in [-0.2, -0.15) is 0 Å². The summed E-state index contributed by atoms with van der Waals surface area (Å²) in [5, 5.41) is 12.3. The van der Waals surface area contributed by atoms with Gasteiger partial charge in [0.2, 0.25) is 5.01 Å². The molecule has 1 saturated heterocycles. The summed E-state index contributed by atoms with van der Waals surface area (Å²) < 4.78 is 5.22. The fraction of sp³-hybridized carbons (Fsp3) is 0.300. The second-order valence-electron chi connectivity index (χ2n) is 6.78. The van der Waals surface area contributed by atoms with E-state index in [2.05, 4.69) is 15.5 Å². The average molecular weight is 396 g/mol. The summed E-state index contributed by atoms with van der Waals surface area (Å²) in [5.41, 5.74) is 1.75. The number of nitrogens with zero attached hydrogens (tertiary/aromatic N) is 3. The molecular weight excluding hydrogens is 376 g/mol. The van der Waals surface area contributed by atoms with Gasteiger partial charge in [0.05, 0.1) is 6.26 Å². The Bertz CT molecular complexity index is 983. The zero-order chi connectivity index (χ0) is 19.5. The number of benzene rings is 1. The predicted octanol–water partition coefficient (Wildman–Crippen LogP) is 3.71. The monoisotopic (exact) mass is 396 g/mol. The molecule has 1 aliphatic rings. The first kappa shape index (κ1) is 18.4. The Hall–Kier alpha value is -3.00. The van der Waals surface area contributed by atoms with Gasteiger partial charge in [0.25, 0.3) is 11.8 Å². The molecule has 0 saturated carbocycles. The van der Waals surface area contributed by atoms with E-state index >= 15 is 0 Å². The van der Waals surface area contributed by atoms with Crippen LogP contribution in [0.3, 0.4) is 0 Å². The van der Waals surface area contributed by atoms with Crippen molar-refractivity contribution in [1.29, 1.82) is 0 Å². The highest BCUT2D eigenvalue weighted by Gasteiger charge is 2.29. The Balaban J connectivity index is 1.44. The van der Waals surface area contributed by atoms with Crippen LogP contribution in [-0.4, -0.2) is 40.0 Å². The van der Waals surface area contributed by atoms with Crippen LogP contribution >= 0.6 is 11.3 Å². The molecule has 0 aliphatic carbocycles. The van der Waals surface area contributed by atoms with Gasteiger partial charge in [-0.05, 0) is 43.5 Å². The zero-order valence-corrected chi connectivity index (χ0v) is 16.2. The van der Waals surface area contributed by atoms with E-state index in [1.165, 1.54) is 17.6 Å². The highest BCUT2D eigenvalue weighted by Crippen LogP contribution is 2.30. The van der Waals surface area contributed by atoms with E-state index in [0.29, 0.717) is 23.9 Å². The lowest BCUT2D eigenvalue weighted by atomic mass is 9.98. The minimum Gasteiger partial charge on any atom is -0.459 e. The number of amides is 2. The zero-order valence-electron chi connectivity index (χ0n) is 15.4. The fourth-order valence-electron chi connectivity index (χ4n) is 3.30. The summed E-state index contributed by atoms with van der Waals surface area (Å²) in [5.74, 6) is 0.0375. The molecule has 2 aromatic heterocycles. The van der Waals surface area contributed by atoms with Crippen LogP contribution in [0, 0.1) is 6.92 Å². The Labute approximate surface area is 166 Å². The maximum atomic E-state index is 12.5. The van der Waals surface area contributed by atoms with E-state index in [9.17, 15) is 9.59 Å². The van der Waals surface area contributed by atoms with Gasteiger partial charge in [-0.15, -0.1) is 10.2 Å². The lowest BCUT2D eigenvalue weighted by molar-refractivity contribution is 0.0674. The molecule has 1 aromatic carbocycles. The van der Waals surface area contributed by atoms with E-state index < -0.39 is 0 Å². The number of aromatic nitrogens is 2. The quantitative estimate of drug-likeness (QED) is 0.726. The van der Waals surface area contributed by atoms with Gasteiger partial charge in [0.1, 0.15) is 5.01 Å². The van der Waals surface area contributed by atoms with Crippen molar-refractivity contribution in [3.05, 3.63) is 64.0 Å². The summed E-state index contributed by atoms with van der Waals surface area (Å²) in [6, 6.07) is 11.0. The van der Waals surface area contributed by atoms with E-state index in [-0.39, 0.29) is 17.7 Å². The van der Waals surface area contributed by atoms with E-state index in [1.807, 2.05) is 31.2 Å². The normalized spacial score (nSPS) is 16.8. The number of carbonyl (C=O) groups is 2. The van der Waals surface area contributed by atoms with Crippen LogP contribution < -0.4 is 5.32 Å². The highest BCUT2D eigenvalue weighted by molar-refractivity contribution is 7.13. The van der Waals surface area contributed by atoms with E-state index in [1.54, 1.807) is 17.0 Å². The van der Waals surface area contributed by atoms with Gasteiger partial charge in [-0.25, -0.2) is 0 Å². The summed E-state index contributed by atoms with van der Waals surface area (Å²) in [4.78, 5) is 26.8. The number of aryl methyl sites for hydroxylation is 1. The third kappa shape index (κ3) is 3.82. The first-order chi connectivity index (χ1) is 13.6. The molecule has 1 fully saturated rings. The van der Waals surface area contributed by atoms with Gasteiger partial charge in [-0.1, -0.05) is 29.5 Å². The molecule has 4 rings (SSSR count). The van der Waals surface area contributed by atoms with Crippen molar-refractivity contribution in [2.24, 2.45) is 0 Å². The topological polar surface area (TPSA) is 88.3 Å². The molecule has 28 heavy (non-hydrogen) atoms. The lowest BCUT2D eigenvalue weighted by Crippen LogP contribution is -2.38. The van der Waals surface area contributed by atoms with Crippen LogP contribution in [0.5, 0.6) is 0 Å². The maximum Gasteiger partial charge on any atom is 0.289 e. The molecule has 1 atom stereocenters. The fourth-order valence-corrected chi connectivity index (χ4v) is 4.16. The molecule has 8 heteroatoms. The number of hydrogen-bond acceptors (Lipinski definition) is 6. The van der Waals surface area contributed by atoms with Gasteiger partial charge in [-0.3, -0.25) is 9.59 Å². The Morgan fingerprint density at radius 2 is 2.07 bits per heavy atom. The number of para-hydroxylation sites is 1. The molecular formula is C20H20N4O3S. The number of hydrogen-bond donors (Lipinski definition) is 1. The second kappa shape index (κ2) is 7.93. The molecule has 3 aromatic rings. The number of carbonyl (C=O) groups excluding carboxylic acids is 2. The van der Waals surface area contributed by atoms with Gasteiger partial charge in [0.15, 0.2) is 5.76 Å². The van der Waals surface area contributed by atoms with Gasteiger partial charge < -0.3 is 14.6 Å². The molecule has 2 amide bonds. The van der Waals surface area contributed by atoms with Crippen molar-refractivity contribution in [3.8, 4) is 0 Å². The van der Waals surface area contributed by atoms with Crippen molar-refractivity contribution in [1.82, 2.24) is 15.1 Å². The van der Waals surface area contributed by atoms with Crippen LogP contribution in [0.1, 0.15) is 49.7 Å². The number of anilines is 1. The summed E-state index contributed by atoms with van der Waals surface area (Å²) in [6.07, 6.45) is 3.29. The third-order valence-electron chi connectivity index (χ3n) is 4.82. The van der Waals surface area contributed by atoms with Crippen molar-refractivity contribution in [3.63, 3.8) is 0 Å². The Morgan fingerprint density at radius 3 is 2.86 bits per heavy atom. The molecule has 0 bridgehead atoms. The Morgan fingerprint density at radius 1 is 1.21 bits per heavy atom. The highest BCUT2D eigenvalue weighted by atomic mass is 32.1. The molecule has 3 heterocycles. The van der Waals surface area contributed by atoms with Crippen LogP contribution in [0.4, 0.5) is 5.69 Å². The van der Waals surface area contributed by atoms with Crippen LogP contribution in [-0.2, 0) is 0 Å². The van der Waals surface area contributed by atoms with E-state index in [0.717, 1.165) is 29.1 Å². The molecule has 0 unspecified atom stereocenters. The standard InChI is InChI=1S/C20H20N4O3S/c1-13-6-2-3-8-15(13)21-17(25)19-23-22-18(28-19)14-7-4-10-24(12-14)20(26)16-9-5-11-27-16/h2-3,5-6,8-9,11,14H,4,7,10,12H2,1H3,(H,21,25)/t14-/m0/s1. The van der Waals surface area contributed by atoms with Crippen molar-refractivity contribution < 1.29 is 14.0 Å². The summed E-state index contributed by atoms with van der Waals surface area (Å²) >= 11 is 1.29. The number of piperidine rings is 1. The molecule has 7 nitrogen and oxygen atoms in total. The second-order valence-corrected chi connectivity index (χ2v) is 7.79. The Kier molecular flexibility index (Phi) is 5.21. The van der Waals surface area contributed by atoms with Crippen LogP contribution in [0.15, 0.2) is 47.1 Å². The summed E-state index contributed by atoms with van der Waals surface area (Å²) in [6.45, 7) is 3.18. The lowest BCUT2D eigenvalue weighted by Gasteiger charge is -2.30.